The zero-order valence-electron chi connectivity index (χ0n) is 16.7. The number of furan rings is 1. The molecule has 7 nitrogen and oxygen atoms in total. The highest BCUT2D eigenvalue weighted by atomic mass is 32.2. The monoisotopic (exact) mass is 472 g/mol. The van der Waals surface area contributed by atoms with Gasteiger partial charge in [-0.15, -0.1) is 0 Å². The van der Waals surface area contributed by atoms with Crippen LogP contribution < -0.4 is 14.4 Å². The molecule has 4 rings (SSSR count). The van der Waals surface area contributed by atoms with Crippen LogP contribution in [0.4, 0.5) is 23.2 Å². The molecule has 2 aromatic carbocycles. The Morgan fingerprint density at radius 1 is 1.09 bits per heavy atom. The average Bonchev–Trinajstić information content (AvgIpc) is 3.11. The number of nitrogens with one attached hydrogen (secondary N) is 1. The van der Waals surface area contributed by atoms with Gasteiger partial charge in [0, 0.05) is 36.8 Å². The molecule has 1 aliphatic rings. The van der Waals surface area contributed by atoms with E-state index in [4.69, 9.17) is 4.42 Å². The fraction of sp³-hybridized carbons (Fsp3) is 0.250. The molecular formula is C20H16F4N2O5S. The first-order valence-corrected chi connectivity index (χ1v) is 10.6. The van der Waals surface area contributed by atoms with E-state index >= 15 is 0 Å². The Morgan fingerprint density at radius 3 is 2.50 bits per heavy atom. The molecule has 170 valence electrons. The normalized spacial score (nSPS) is 16.8. The molecule has 1 aromatic heterocycles. The lowest BCUT2D eigenvalue weighted by Crippen LogP contribution is -2.50. The van der Waals surface area contributed by atoms with Crippen LogP contribution in [0.1, 0.15) is 16.1 Å². The topological polar surface area (TPSA) is 88.9 Å². The fourth-order valence-electron chi connectivity index (χ4n) is 3.21. The second-order valence-corrected chi connectivity index (χ2v) is 9.06. The van der Waals surface area contributed by atoms with Crippen molar-refractivity contribution in [3.05, 3.63) is 53.8 Å². The molecule has 12 heteroatoms. The van der Waals surface area contributed by atoms with Gasteiger partial charge in [-0.1, -0.05) is 12.1 Å². The van der Waals surface area contributed by atoms with Gasteiger partial charge < -0.3 is 14.1 Å². The summed E-state index contributed by atoms with van der Waals surface area (Å²) in [5.41, 5.74) is 0.662. The third-order valence-corrected chi connectivity index (χ3v) is 6.24. The Morgan fingerprint density at radius 2 is 1.81 bits per heavy atom. The molecule has 0 bridgehead atoms. The van der Waals surface area contributed by atoms with Gasteiger partial charge in [0.25, 0.3) is 10.0 Å². The Bertz CT molecular complexity index is 1340. The van der Waals surface area contributed by atoms with Crippen LogP contribution in [0.25, 0.3) is 11.0 Å². The molecular weight excluding hydrogens is 456 g/mol. The maximum Gasteiger partial charge on any atom is 0.464 e. The lowest BCUT2D eigenvalue weighted by Gasteiger charge is -2.33. The molecule has 0 fully saturated rings. The van der Waals surface area contributed by atoms with Crippen molar-refractivity contribution in [2.24, 2.45) is 0 Å². The molecule has 0 saturated carbocycles. The Kier molecular flexibility index (Phi) is 4.88. The molecule has 1 amide bonds. The van der Waals surface area contributed by atoms with Crippen molar-refractivity contribution in [1.82, 2.24) is 4.72 Å². The smallest absolute Gasteiger partial charge is 0.451 e. The zero-order chi connectivity index (χ0) is 23.5. The average molecular weight is 472 g/mol. The van der Waals surface area contributed by atoms with Crippen LogP contribution in [0.3, 0.4) is 0 Å². The number of rotatable bonds is 4. The Labute approximate surface area is 179 Å². The third kappa shape index (κ3) is 3.64. The van der Waals surface area contributed by atoms with Gasteiger partial charge in [-0.2, -0.15) is 17.6 Å². The van der Waals surface area contributed by atoms with Crippen LogP contribution in [0.2, 0.25) is 0 Å². The predicted molar refractivity (Wildman–Crippen MR) is 106 cm³/mol. The number of fused-ring (bicyclic) bond motifs is 2. The minimum absolute atomic E-state index is 0.320. The van der Waals surface area contributed by atoms with E-state index in [0.29, 0.717) is 11.0 Å². The number of alkyl halides is 4. The van der Waals surface area contributed by atoms with E-state index in [2.05, 4.69) is 4.74 Å². The molecule has 2 heterocycles. The van der Waals surface area contributed by atoms with Gasteiger partial charge in [0.15, 0.2) is 11.5 Å². The summed E-state index contributed by atoms with van der Waals surface area (Å²) in [6.07, 6.45) is -6.34. The minimum Gasteiger partial charge on any atom is -0.451 e. The SMILES string of the molecule is CN(C)c1ccc2cc(C(=O)NS(=O)(=O)c3cccc4c3OC(F)(F)C(F)(F)C4)oc2c1. The summed E-state index contributed by atoms with van der Waals surface area (Å²) >= 11 is 0. The van der Waals surface area contributed by atoms with Crippen molar-refractivity contribution in [3.8, 4) is 5.75 Å². The summed E-state index contributed by atoms with van der Waals surface area (Å²) in [6.45, 7) is 0. The molecule has 0 radical (unpaired) electrons. The van der Waals surface area contributed by atoms with Crippen molar-refractivity contribution >= 4 is 32.6 Å². The molecule has 0 spiro atoms. The quantitative estimate of drug-likeness (QED) is 0.582. The summed E-state index contributed by atoms with van der Waals surface area (Å²) in [5, 5.41) is 0.528. The van der Waals surface area contributed by atoms with Crippen molar-refractivity contribution in [1.29, 1.82) is 0 Å². The van der Waals surface area contributed by atoms with E-state index in [1.807, 2.05) is 0 Å². The predicted octanol–water partition coefficient (Wildman–Crippen LogP) is 3.78. The molecule has 32 heavy (non-hydrogen) atoms. The number of para-hydroxylation sites is 1. The number of nitrogens with zero attached hydrogens (tertiary/aromatic N) is 1. The van der Waals surface area contributed by atoms with E-state index in [-0.39, 0.29) is 5.76 Å². The first-order valence-electron chi connectivity index (χ1n) is 9.15. The highest BCUT2D eigenvalue weighted by molar-refractivity contribution is 7.90. The molecule has 1 aliphatic heterocycles. The lowest BCUT2D eigenvalue weighted by molar-refractivity contribution is -0.316. The number of carbonyl (C=O) groups is 1. The number of halogens is 4. The summed E-state index contributed by atoms with van der Waals surface area (Å²) < 4.78 is 91.2. The number of hydrogen-bond acceptors (Lipinski definition) is 6. The van der Waals surface area contributed by atoms with E-state index in [9.17, 15) is 30.8 Å². The third-order valence-electron chi connectivity index (χ3n) is 4.89. The standard InChI is InChI=1S/C20H16F4N2O5S/c1-26(2)13-7-6-11-8-15(30-14(11)9-13)18(27)25-32(28,29)16-5-3-4-12-10-19(21,22)20(23,24)31-17(12)16/h3-9H,10H2,1-2H3,(H,25,27). The van der Waals surface area contributed by atoms with E-state index in [1.54, 1.807) is 41.9 Å². The lowest BCUT2D eigenvalue weighted by atomic mass is 10.0. The molecule has 0 unspecified atom stereocenters. The van der Waals surface area contributed by atoms with Gasteiger partial charge in [-0.3, -0.25) is 4.79 Å². The second-order valence-electron chi connectivity index (χ2n) is 7.41. The van der Waals surface area contributed by atoms with Crippen LogP contribution in [-0.4, -0.2) is 40.5 Å². The van der Waals surface area contributed by atoms with Crippen LogP contribution in [0.5, 0.6) is 5.75 Å². The molecule has 1 N–H and O–H groups in total. The fourth-order valence-corrected chi connectivity index (χ4v) is 4.34. The number of ether oxygens (including phenoxy) is 1. The number of benzene rings is 2. The highest BCUT2D eigenvalue weighted by Gasteiger charge is 2.62. The summed E-state index contributed by atoms with van der Waals surface area (Å²) in [5.74, 6) is -6.98. The molecule has 0 saturated heterocycles. The summed E-state index contributed by atoms with van der Waals surface area (Å²) in [4.78, 5) is 13.4. The van der Waals surface area contributed by atoms with Crippen molar-refractivity contribution in [2.75, 3.05) is 19.0 Å². The van der Waals surface area contributed by atoms with Crippen LogP contribution >= 0.6 is 0 Å². The number of anilines is 1. The maximum absolute atomic E-state index is 13.7. The first kappa shape index (κ1) is 21.9. The van der Waals surface area contributed by atoms with Crippen LogP contribution in [0.15, 0.2) is 51.8 Å². The van der Waals surface area contributed by atoms with E-state index < -0.39 is 50.6 Å². The summed E-state index contributed by atoms with van der Waals surface area (Å²) in [6, 6.07) is 9.39. The van der Waals surface area contributed by atoms with Crippen LogP contribution in [0, 0.1) is 0 Å². The van der Waals surface area contributed by atoms with Crippen molar-refractivity contribution in [3.63, 3.8) is 0 Å². The largest absolute Gasteiger partial charge is 0.464 e. The molecule has 3 aromatic rings. The van der Waals surface area contributed by atoms with Gasteiger partial charge in [-0.05, 0) is 24.3 Å². The van der Waals surface area contributed by atoms with Crippen LogP contribution in [-0.2, 0) is 16.4 Å². The molecule has 0 atom stereocenters. The summed E-state index contributed by atoms with van der Waals surface area (Å²) in [7, 11) is -1.17. The minimum atomic E-state index is -4.92. The number of amides is 1. The van der Waals surface area contributed by atoms with Gasteiger partial charge in [-0.25, -0.2) is 13.1 Å². The molecule has 0 aliphatic carbocycles. The van der Waals surface area contributed by atoms with E-state index in [0.717, 1.165) is 23.9 Å². The van der Waals surface area contributed by atoms with Crippen molar-refractivity contribution < 1.29 is 39.9 Å². The Balaban J connectivity index is 1.66. The second kappa shape index (κ2) is 7.12. The Hall–Kier alpha value is -3.28. The van der Waals surface area contributed by atoms with Gasteiger partial charge in [0.2, 0.25) is 0 Å². The highest BCUT2D eigenvalue weighted by Crippen LogP contribution is 2.47. The van der Waals surface area contributed by atoms with Gasteiger partial charge in [0.1, 0.15) is 10.5 Å². The van der Waals surface area contributed by atoms with Gasteiger partial charge >= 0.3 is 17.9 Å². The number of sulfonamides is 1. The first-order chi connectivity index (χ1) is 14.8. The number of carbonyl (C=O) groups excluding carboxylic acids is 1. The maximum atomic E-state index is 13.7. The van der Waals surface area contributed by atoms with E-state index in [1.165, 1.54) is 6.07 Å². The zero-order valence-corrected chi connectivity index (χ0v) is 17.5. The van der Waals surface area contributed by atoms with Gasteiger partial charge in [0.05, 0.1) is 6.42 Å². The number of hydrogen-bond donors (Lipinski definition) is 1. The van der Waals surface area contributed by atoms with Crippen molar-refractivity contribution in [2.45, 2.75) is 23.3 Å².